The zero-order chi connectivity index (χ0) is 14.0. The summed E-state index contributed by atoms with van der Waals surface area (Å²) in [6.07, 6.45) is 1.70. The SMILES string of the molecule is Cc1cc(Cl)c(-c2ccc(OC(C)C)nc2)cc1F. The van der Waals surface area contributed by atoms with E-state index in [9.17, 15) is 4.39 Å². The van der Waals surface area contributed by atoms with Gasteiger partial charge in [0.25, 0.3) is 0 Å². The van der Waals surface area contributed by atoms with Crippen molar-refractivity contribution in [2.75, 3.05) is 0 Å². The van der Waals surface area contributed by atoms with Gasteiger partial charge < -0.3 is 4.74 Å². The van der Waals surface area contributed by atoms with Crippen LogP contribution in [-0.2, 0) is 0 Å². The molecule has 0 bridgehead atoms. The van der Waals surface area contributed by atoms with E-state index in [1.165, 1.54) is 6.07 Å². The predicted octanol–water partition coefficient (Wildman–Crippen LogP) is 4.64. The molecule has 100 valence electrons. The summed E-state index contributed by atoms with van der Waals surface area (Å²) in [5.41, 5.74) is 1.93. The van der Waals surface area contributed by atoms with E-state index < -0.39 is 0 Å². The predicted molar refractivity (Wildman–Crippen MR) is 75.1 cm³/mol. The zero-order valence-electron chi connectivity index (χ0n) is 11.1. The van der Waals surface area contributed by atoms with Gasteiger partial charge >= 0.3 is 0 Å². The topological polar surface area (TPSA) is 22.1 Å². The van der Waals surface area contributed by atoms with E-state index in [0.717, 1.165) is 5.56 Å². The van der Waals surface area contributed by atoms with E-state index in [1.54, 1.807) is 25.3 Å². The third-order valence-electron chi connectivity index (χ3n) is 2.65. The van der Waals surface area contributed by atoms with Crippen molar-refractivity contribution in [1.29, 1.82) is 0 Å². The van der Waals surface area contributed by atoms with Crippen LogP contribution in [0.25, 0.3) is 11.1 Å². The average molecular weight is 280 g/mol. The second-order valence-electron chi connectivity index (χ2n) is 4.63. The number of aryl methyl sites for hydroxylation is 1. The van der Waals surface area contributed by atoms with E-state index in [1.807, 2.05) is 19.9 Å². The number of halogens is 2. The maximum atomic E-state index is 13.6. The van der Waals surface area contributed by atoms with Crippen LogP contribution < -0.4 is 4.74 Å². The smallest absolute Gasteiger partial charge is 0.213 e. The number of benzene rings is 1. The molecule has 0 fully saturated rings. The van der Waals surface area contributed by atoms with Crippen molar-refractivity contribution in [3.05, 3.63) is 46.9 Å². The maximum Gasteiger partial charge on any atom is 0.213 e. The lowest BCUT2D eigenvalue weighted by molar-refractivity contribution is 0.232. The van der Waals surface area contributed by atoms with Crippen LogP contribution in [0.3, 0.4) is 0 Å². The number of pyridine rings is 1. The molecule has 1 aromatic heterocycles. The van der Waals surface area contributed by atoms with E-state index in [4.69, 9.17) is 16.3 Å². The van der Waals surface area contributed by atoms with Crippen molar-refractivity contribution in [2.45, 2.75) is 26.9 Å². The molecule has 0 saturated heterocycles. The Kier molecular flexibility index (Phi) is 4.05. The molecule has 2 rings (SSSR count). The Hall–Kier alpha value is -1.61. The Labute approximate surface area is 117 Å². The monoisotopic (exact) mass is 279 g/mol. The summed E-state index contributed by atoms with van der Waals surface area (Å²) < 4.78 is 19.1. The summed E-state index contributed by atoms with van der Waals surface area (Å²) in [6.45, 7) is 5.55. The van der Waals surface area contributed by atoms with Crippen molar-refractivity contribution in [1.82, 2.24) is 4.98 Å². The lowest BCUT2D eigenvalue weighted by Crippen LogP contribution is -2.06. The Morgan fingerprint density at radius 3 is 2.58 bits per heavy atom. The highest BCUT2D eigenvalue weighted by molar-refractivity contribution is 6.33. The number of rotatable bonds is 3. The fourth-order valence-corrected chi connectivity index (χ4v) is 2.05. The van der Waals surface area contributed by atoms with Crippen LogP contribution in [0.1, 0.15) is 19.4 Å². The van der Waals surface area contributed by atoms with Gasteiger partial charge in [0.15, 0.2) is 0 Å². The van der Waals surface area contributed by atoms with Crippen molar-refractivity contribution >= 4 is 11.6 Å². The molecular weight excluding hydrogens is 265 g/mol. The molecule has 0 radical (unpaired) electrons. The number of aromatic nitrogens is 1. The average Bonchev–Trinajstić information content (AvgIpc) is 2.34. The third kappa shape index (κ3) is 3.24. The molecule has 1 aromatic carbocycles. The van der Waals surface area contributed by atoms with Crippen molar-refractivity contribution in [2.24, 2.45) is 0 Å². The first-order valence-corrected chi connectivity index (χ1v) is 6.44. The first-order valence-electron chi connectivity index (χ1n) is 6.06. The Balaban J connectivity index is 2.34. The molecule has 2 nitrogen and oxygen atoms in total. The molecule has 4 heteroatoms. The Bertz CT molecular complexity index is 581. The van der Waals surface area contributed by atoms with E-state index >= 15 is 0 Å². The molecule has 0 amide bonds. The van der Waals surface area contributed by atoms with Crippen LogP contribution in [-0.4, -0.2) is 11.1 Å². The van der Waals surface area contributed by atoms with Crippen molar-refractivity contribution < 1.29 is 9.13 Å². The van der Waals surface area contributed by atoms with Crippen LogP contribution in [0, 0.1) is 12.7 Å². The van der Waals surface area contributed by atoms with Gasteiger partial charge in [-0.05, 0) is 44.5 Å². The fraction of sp³-hybridized carbons (Fsp3) is 0.267. The molecule has 1 heterocycles. The molecule has 0 spiro atoms. The van der Waals surface area contributed by atoms with Crippen LogP contribution in [0.4, 0.5) is 4.39 Å². The van der Waals surface area contributed by atoms with Gasteiger partial charge in [0, 0.05) is 28.4 Å². The van der Waals surface area contributed by atoms with E-state index in [-0.39, 0.29) is 11.9 Å². The minimum Gasteiger partial charge on any atom is -0.475 e. The van der Waals surface area contributed by atoms with Gasteiger partial charge in [-0.1, -0.05) is 11.6 Å². The van der Waals surface area contributed by atoms with Gasteiger partial charge in [0.2, 0.25) is 5.88 Å². The summed E-state index contributed by atoms with van der Waals surface area (Å²) >= 11 is 6.13. The summed E-state index contributed by atoms with van der Waals surface area (Å²) in [6, 6.07) is 6.62. The summed E-state index contributed by atoms with van der Waals surface area (Å²) in [5, 5.41) is 0.512. The molecule has 0 aliphatic carbocycles. The van der Waals surface area contributed by atoms with Crippen LogP contribution in [0.15, 0.2) is 30.5 Å². The molecule has 0 saturated carbocycles. The van der Waals surface area contributed by atoms with Gasteiger partial charge in [0.05, 0.1) is 6.10 Å². The van der Waals surface area contributed by atoms with E-state index in [0.29, 0.717) is 22.0 Å². The normalized spacial score (nSPS) is 10.8. The minimum atomic E-state index is -0.276. The van der Waals surface area contributed by atoms with Crippen LogP contribution in [0.2, 0.25) is 5.02 Å². The number of nitrogens with zero attached hydrogens (tertiary/aromatic N) is 1. The zero-order valence-corrected chi connectivity index (χ0v) is 11.8. The van der Waals surface area contributed by atoms with Gasteiger partial charge in [-0.25, -0.2) is 9.37 Å². The lowest BCUT2D eigenvalue weighted by atomic mass is 10.1. The largest absolute Gasteiger partial charge is 0.475 e. The Morgan fingerprint density at radius 2 is 2.00 bits per heavy atom. The summed E-state index contributed by atoms with van der Waals surface area (Å²) in [7, 11) is 0. The van der Waals surface area contributed by atoms with Gasteiger partial charge in [-0.3, -0.25) is 0 Å². The quantitative estimate of drug-likeness (QED) is 0.817. The van der Waals surface area contributed by atoms with Gasteiger partial charge in [0.1, 0.15) is 5.82 Å². The lowest BCUT2D eigenvalue weighted by Gasteiger charge is -2.10. The number of hydrogen-bond donors (Lipinski definition) is 0. The van der Waals surface area contributed by atoms with Gasteiger partial charge in [-0.2, -0.15) is 0 Å². The molecule has 0 N–H and O–H groups in total. The van der Waals surface area contributed by atoms with Crippen molar-refractivity contribution in [3.63, 3.8) is 0 Å². The molecule has 0 aliphatic rings. The highest BCUT2D eigenvalue weighted by Crippen LogP contribution is 2.30. The molecule has 2 aromatic rings. The highest BCUT2D eigenvalue weighted by atomic mass is 35.5. The highest BCUT2D eigenvalue weighted by Gasteiger charge is 2.09. The van der Waals surface area contributed by atoms with Gasteiger partial charge in [-0.15, -0.1) is 0 Å². The molecule has 0 unspecified atom stereocenters. The van der Waals surface area contributed by atoms with Crippen LogP contribution in [0.5, 0.6) is 5.88 Å². The maximum absolute atomic E-state index is 13.6. The first kappa shape index (κ1) is 13.8. The number of ether oxygens (including phenoxy) is 1. The number of hydrogen-bond acceptors (Lipinski definition) is 2. The Morgan fingerprint density at radius 1 is 1.26 bits per heavy atom. The van der Waals surface area contributed by atoms with Crippen LogP contribution >= 0.6 is 11.6 Å². The minimum absolute atomic E-state index is 0.0683. The standard InChI is InChI=1S/C15H15ClFNO/c1-9(2)19-15-5-4-11(8-18-15)12-7-14(17)10(3)6-13(12)16/h4-9H,1-3H3. The summed E-state index contributed by atoms with van der Waals surface area (Å²) in [4.78, 5) is 4.19. The molecule has 0 aliphatic heterocycles. The second-order valence-corrected chi connectivity index (χ2v) is 5.04. The molecule has 19 heavy (non-hydrogen) atoms. The first-order chi connectivity index (χ1) is 8.97. The second kappa shape index (κ2) is 5.57. The fourth-order valence-electron chi connectivity index (χ4n) is 1.72. The molecule has 0 atom stereocenters. The summed E-state index contributed by atoms with van der Waals surface area (Å²) in [5.74, 6) is 0.268. The molecular formula is C15H15ClFNO. The van der Waals surface area contributed by atoms with Crippen molar-refractivity contribution in [3.8, 4) is 17.0 Å². The van der Waals surface area contributed by atoms with E-state index in [2.05, 4.69) is 4.98 Å². The third-order valence-corrected chi connectivity index (χ3v) is 2.96.